The number of nitrogens with zero attached hydrogens (tertiary/aromatic N) is 6. The van der Waals surface area contributed by atoms with Crippen LogP contribution < -0.4 is 4.74 Å². The number of hydrogen-bond acceptors (Lipinski definition) is 6. The molecule has 0 spiro atoms. The van der Waals surface area contributed by atoms with Gasteiger partial charge in [-0.3, -0.25) is 4.40 Å². The number of imidazole rings is 1. The van der Waals surface area contributed by atoms with Crippen molar-refractivity contribution in [3.63, 3.8) is 0 Å². The summed E-state index contributed by atoms with van der Waals surface area (Å²) in [5, 5.41) is 14.2. The van der Waals surface area contributed by atoms with Crippen molar-refractivity contribution >= 4 is 34.1 Å². The molecule has 28 heavy (non-hydrogen) atoms. The summed E-state index contributed by atoms with van der Waals surface area (Å²) in [6.07, 6.45) is 5.92. The van der Waals surface area contributed by atoms with E-state index < -0.39 is 0 Å². The van der Waals surface area contributed by atoms with Gasteiger partial charge in [0.15, 0.2) is 0 Å². The maximum absolute atomic E-state index is 5.39. The van der Waals surface area contributed by atoms with Gasteiger partial charge in [0.25, 0.3) is 0 Å². The molecule has 0 aliphatic rings. The van der Waals surface area contributed by atoms with Gasteiger partial charge in [-0.15, -0.1) is 10.2 Å². The van der Waals surface area contributed by atoms with E-state index in [2.05, 4.69) is 20.3 Å². The summed E-state index contributed by atoms with van der Waals surface area (Å²) in [5.74, 6) is 1.50. The van der Waals surface area contributed by atoms with Crippen LogP contribution in [0.2, 0.25) is 0 Å². The summed E-state index contributed by atoms with van der Waals surface area (Å²) in [5.41, 5.74) is 3.65. The van der Waals surface area contributed by atoms with Gasteiger partial charge in [0.05, 0.1) is 12.8 Å². The summed E-state index contributed by atoms with van der Waals surface area (Å²) in [7, 11) is 1.67. The Labute approximate surface area is 164 Å². The Bertz CT molecular complexity index is 1330. The van der Waals surface area contributed by atoms with E-state index in [1.54, 1.807) is 11.6 Å². The minimum Gasteiger partial charge on any atom is -0.496 e. The second kappa shape index (κ2) is 6.58. The van der Waals surface area contributed by atoms with Crippen LogP contribution in [0.4, 0.5) is 0 Å². The average molecular weight is 388 g/mol. The predicted octanol–water partition coefficient (Wildman–Crippen LogP) is 3.99. The minimum atomic E-state index is 0.680. The van der Waals surface area contributed by atoms with Gasteiger partial charge in [-0.1, -0.05) is 35.6 Å². The maximum Gasteiger partial charge on any atom is 0.235 e. The molecule has 0 saturated carbocycles. The van der Waals surface area contributed by atoms with Crippen LogP contribution in [0.25, 0.3) is 34.3 Å². The first-order valence-electron chi connectivity index (χ1n) is 8.72. The highest BCUT2D eigenvalue weighted by Gasteiger charge is 2.19. The molecule has 4 aromatic heterocycles. The zero-order valence-electron chi connectivity index (χ0n) is 15.3. The third-order valence-electron chi connectivity index (χ3n) is 4.47. The Morgan fingerprint density at radius 3 is 2.79 bits per heavy atom. The molecule has 138 valence electrons. The zero-order chi connectivity index (χ0) is 19.1. The molecule has 5 rings (SSSR count). The maximum atomic E-state index is 5.39. The third-order valence-corrected chi connectivity index (χ3v) is 5.33. The number of pyridine rings is 1. The Kier molecular flexibility index (Phi) is 3.91. The highest BCUT2D eigenvalue weighted by Crippen LogP contribution is 2.27. The van der Waals surface area contributed by atoms with Crippen molar-refractivity contribution in [1.82, 2.24) is 29.2 Å². The van der Waals surface area contributed by atoms with Crippen LogP contribution in [0, 0.1) is 6.92 Å². The Balaban J connectivity index is 1.58. The first kappa shape index (κ1) is 16.6. The number of fused-ring (bicyclic) bond motifs is 2. The lowest BCUT2D eigenvalue weighted by Gasteiger charge is -2.02. The van der Waals surface area contributed by atoms with Crippen LogP contribution in [-0.4, -0.2) is 36.3 Å². The number of aromatic nitrogens is 6. The van der Waals surface area contributed by atoms with E-state index in [1.165, 1.54) is 11.3 Å². The van der Waals surface area contributed by atoms with E-state index in [-0.39, 0.29) is 0 Å². The van der Waals surface area contributed by atoms with Gasteiger partial charge in [0.1, 0.15) is 22.1 Å². The second-order valence-electron chi connectivity index (χ2n) is 6.21. The lowest BCUT2D eigenvalue weighted by atomic mass is 10.2. The second-order valence-corrected chi connectivity index (χ2v) is 7.20. The van der Waals surface area contributed by atoms with Gasteiger partial charge in [0.2, 0.25) is 10.8 Å². The van der Waals surface area contributed by atoms with Crippen LogP contribution in [0.3, 0.4) is 0 Å². The van der Waals surface area contributed by atoms with E-state index in [1.807, 2.05) is 72.1 Å². The first-order chi connectivity index (χ1) is 13.7. The summed E-state index contributed by atoms with van der Waals surface area (Å²) >= 11 is 1.48. The molecule has 0 atom stereocenters. The molecule has 4 heterocycles. The van der Waals surface area contributed by atoms with Gasteiger partial charge >= 0.3 is 0 Å². The molecule has 0 radical (unpaired) electrons. The van der Waals surface area contributed by atoms with Crippen molar-refractivity contribution in [3.05, 3.63) is 64.9 Å². The van der Waals surface area contributed by atoms with Gasteiger partial charge < -0.3 is 4.74 Å². The quantitative estimate of drug-likeness (QED) is 0.466. The molecule has 0 aliphatic heterocycles. The molecule has 8 heteroatoms. The molecule has 0 N–H and O–H groups in total. The van der Waals surface area contributed by atoms with Crippen molar-refractivity contribution in [2.75, 3.05) is 7.11 Å². The van der Waals surface area contributed by atoms with Crippen LogP contribution in [0.1, 0.15) is 16.3 Å². The molecule has 0 aliphatic carbocycles. The lowest BCUT2D eigenvalue weighted by molar-refractivity contribution is 0.414. The first-order valence-corrected chi connectivity index (χ1v) is 9.53. The van der Waals surface area contributed by atoms with Crippen molar-refractivity contribution in [1.29, 1.82) is 0 Å². The summed E-state index contributed by atoms with van der Waals surface area (Å²) in [4.78, 5) is 5.34. The van der Waals surface area contributed by atoms with Crippen molar-refractivity contribution in [2.24, 2.45) is 0 Å². The number of aryl methyl sites for hydroxylation is 1. The lowest BCUT2D eigenvalue weighted by Crippen LogP contribution is -1.96. The summed E-state index contributed by atoms with van der Waals surface area (Å²) in [6.45, 7) is 1.97. The van der Waals surface area contributed by atoms with Crippen LogP contribution in [0.15, 0.2) is 48.7 Å². The van der Waals surface area contributed by atoms with Gasteiger partial charge in [-0.05, 0) is 37.3 Å². The van der Waals surface area contributed by atoms with Crippen LogP contribution in [0.5, 0.6) is 5.75 Å². The highest BCUT2D eigenvalue weighted by molar-refractivity contribution is 7.17. The van der Waals surface area contributed by atoms with Gasteiger partial charge in [0, 0.05) is 11.8 Å². The normalized spacial score (nSPS) is 11.8. The molecule has 5 aromatic rings. The standard InChI is InChI=1S/C20H16N6OS/c1-13-18(25-12-6-5-9-16(25)21-13)19-22-23-20-26(19)24-17(28-20)11-10-14-7-3-4-8-15(14)27-2/h3-12H,1-2H3. The molecule has 0 saturated heterocycles. The van der Waals surface area contributed by atoms with E-state index in [0.717, 1.165) is 38.3 Å². The summed E-state index contributed by atoms with van der Waals surface area (Å²) in [6, 6.07) is 13.8. The molecule has 0 fully saturated rings. The monoisotopic (exact) mass is 388 g/mol. The fourth-order valence-electron chi connectivity index (χ4n) is 3.19. The Morgan fingerprint density at radius 1 is 1.04 bits per heavy atom. The van der Waals surface area contributed by atoms with Crippen molar-refractivity contribution in [2.45, 2.75) is 6.92 Å². The smallest absolute Gasteiger partial charge is 0.235 e. The summed E-state index contributed by atoms with van der Waals surface area (Å²) < 4.78 is 9.18. The SMILES string of the molecule is COc1ccccc1C=Cc1nn2c(-c3c(C)nc4ccccn34)nnc2s1. The highest BCUT2D eigenvalue weighted by atomic mass is 32.1. The number of para-hydroxylation sites is 1. The van der Waals surface area contributed by atoms with E-state index in [0.29, 0.717) is 5.82 Å². The number of benzene rings is 1. The third kappa shape index (κ3) is 2.66. The van der Waals surface area contributed by atoms with Gasteiger partial charge in [-0.25, -0.2) is 4.98 Å². The molecule has 0 unspecified atom stereocenters. The Morgan fingerprint density at radius 2 is 1.89 bits per heavy atom. The van der Waals surface area contributed by atoms with E-state index >= 15 is 0 Å². The average Bonchev–Trinajstić information content (AvgIpc) is 3.38. The fraction of sp³-hybridized carbons (Fsp3) is 0.100. The molecule has 0 amide bonds. The zero-order valence-corrected chi connectivity index (χ0v) is 16.1. The Hall–Kier alpha value is -3.52. The van der Waals surface area contributed by atoms with E-state index in [4.69, 9.17) is 4.74 Å². The minimum absolute atomic E-state index is 0.680. The molecule has 1 aromatic carbocycles. The molecule has 7 nitrogen and oxygen atoms in total. The van der Waals surface area contributed by atoms with Crippen LogP contribution in [-0.2, 0) is 0 Å². The number of hydrogen-bond donors (Lipinski definition) is 0. The predicted molar refractivity (Wildman–Crippen MR) is 110 cm³/mol. The van der Waals surface area contributed by atoms with Crippen molar-refractivity contribution < 1.29 is 4.74 Å². The topological polar surface area (TPSA) is 69.6 Å². The number of ether oxygens (including phenoxy) is 1. The molecular weight excluding hydrogens is 372 g/mol. The van der Waals surface area contributed by atoms with Crippen molar-refractivity contribution in [3.8, 4) is 17.3 Å². The van der Waals surface area contributed by atoms with Gasteiger partial charge in [-0.2, -0.15) is 9.61 Å². The number of methoxy groups -OCH3 is 1. The fourth-order valence-corrected chi connectivity index (χ4v) is 3.94. The number of rotatable bonds is 4. The molecule has 0 bridgehead atoms. The van der Waals surface area contributed by atoms with Crippen LogP contribution >= 0.6 is 11.3 Å². The largest absolute Gasteiger partial charge is 0.496 e. The molecular formula is C20H16N6OS. The van der Waals surface area contributed by atoms with E-state index in [9.17, 15) is 0 Å².